The maximum absolute atomic E-state index is 15.4. The number of rotatable bonds is 6. The summed E-state index contributed by atoms with van der Waals surface area (Å²) in [7, 11) is 0. The number of thiophene rings is 2. The lowest BCUT2D eigenvalue weighted by Crippen LogP contribution is -3.61. The summed E-state index contributed by atoms with van der Waals surface area (Å²) in [5, 5.41) is 17.4. The molecule has 0 saturated heterocycles. The first kappa shape index (κ1) is 45.7. The summed E-state index contributed by atoms with van der Waals surface area (Å²) in [6.45, 7) is 0. The second kappa shape index (κ2) is 17.0. The highest BCUT2D eigenvalue weighted by molar-refractivity contribution is 7.20. The molecule has 0 bridgehead atoms. The summed E-state index contributed by atoms with van der Waals surface area (Å²) in [6, 6.07) is 12.0. The van der Waals surface area contributed by atoms with Crippen LogP contribution in [0.2, 0.25) is 0 Å². The van der Waals surface area contributed by atoms with E-state index in [-0.39, 0.29) is 21.2 Å². The Hall–Kier alpha value is -5.35. The van der Waals surface area contributed by atoms with Gasteiger partial charge in [-0.25, -0.2) is 87.8 Å². The second-order valence-electron chi connectivity index (χ2n) is 11.3. The van der Waals surface area contributed by atoms with Crippen LogP contribution in [0.15, 0.2) is 24.3 Å². The Kier molecular flexibility index (Phi) is 12.9. The molecule has 2 heterocycles. The molecule has 312 valence electrons. The van der Waals surface area contributed by atoms with Gasteiger partial charge in [-0.3, -0.25) is 0 Å². The number of hydrogen-bond donors (Lipinski definition) is 0. The Morgan fingerprint density at radius 1 is 0.317 bits per heavy atom. The molecule has 6 rings (SSSR count). The van der Waals surface area contributed by atoms with E-state index in [2.05, 4.69) is 12.1 Å². The van der Waals surface area contributed by atoms with Crippen LogP contribution in [0.4, 0.5) is 87.8 Å². The Labute approximate surface area is 337 Å². The molecule has 0 aliphatic carbocycles. The molecule has 0 fully saturated rings. The highest BCUT2D eigenvalue weighted by atomic mass is 127. The minimum absolute atomic E-state index is 0.207. The van der Waals surface area contributed by atoms with E-state index < -0.39 is 144 Å². The minimum Gasteiger partial charge on any atom is -0.207 e. The van der Waals surface area contributed by atoms with Gasteiger partial charge in [-0.05, 0) is 12.1 Å². The molecule has 0 aliphatic heterocycles. The van der Waals surface area contributed by atoms with E-state index >= 15 is 35.1 Å². The minimum atomic E-state index is -7.22. The summed E-state index contributed by atoms with van der Waals surface area (Å²) < 4.78 is 297. The Morgan fingerprint density at radius 3 is 0.667 bits per heavy atom. The zero-order valence-corrected chi connectivity index (χ0v) is 31.3. The zero-order valence-electron chi connectivity index (χ0n) is 27.5. The van der Waals surface area contributed by atoms with Crippen LogP contribution in [0.5, 0.6) is 0 Å². The summed E-state index contributed by atoms with van der Waals surface area (Å²) in [6.07, 6.45) is -7.22. The molecule has 60 heavy (non-hydrogen) atoms. The highest BCUT2D eigenvalue weighted by Gasteiger charge is 2.52. The van der Waals surface area contributed by atoms with E-state index in [1.807, 2.05) is 24.3 Å². The fourth-order valence-electron chi connectivity index (χ4n) is 5.82. The predicted molar refractivity (Wildman–Crippen MR) is 165 cm³/mol. The molecule has 0 radical (unpaired) electrons. The lowest BCUT2D eigenvalue weighted by atomic mass is 9.12. The number of nitriles is 2. The topological polar surface area (TPSA) is 47.6 Å². The van der Waals surface area contributed by atoms with E-state index in [9.17, 15) is 52.7 Å². The van der Waals surface area contributed by atoms with Gasteiger partial charge >= 0.3 is 21.2 Å². The maximum Gasteiger partial charge on any atom is 0.381 e. The van der Waals surface area contributed by atoms with Crippen molar-refractivity contribution < 1.29 is 109 Å². The van der Waals surface area contributed by atoms with Crippen LogP contribution in [-0.2, 0) is 0 Å². The SMILES string of the molecule is Fc1c(F)c(F)c([B-](c2c(F)c(F)c(F)c(F)c2F)(c2c(F)c(F)c(F)c(F)c2F)c2c(F)c(F)c(F)c(F)c2F)c(F)c1F.N#Cc1ccc([I+]c2ccc(C#N)s2)s1. The summed E-state index contributed by atoms with van der Waals surface area (Å²) in [5.74, 6) is -71.4. The Balaban J connectivity index is 0.000000379. The van der Waals surface area contributed by atoms with Gasteiger partial charge in [0.25, 0.3) is 0 Å². The van der Waals surface area contributed by atoms with Gasteiger partial charge in [-0.2, -0.15) is 10.5 Å². The molecule has 6 aromatic rings. The second-order valence-corrected chi connectivity index (χ2v) is 17.8. The lowest BCUT2D eigenvalue weighted by molar-refractivity contribution is -0.585. The number of halogens is 21. The van der Waals surface area contributed by atoms with Crippen molar-refractivity contribution in [2.45, 2.75) is 0 Å². The molecule has 0 aliphatic rings. The first-order valence-electron chi connectivity index (χ1n) is 14.9. The van der Waals surface area contributed by atoms with Crippen LogP contribution < -0.4 is 43.1 Å². The van der Waals surface area contributed by atoms with Crippen LogP contribution in [0.1, 0.15) is 9.75 Å². The summed E-state index contributed by atoms with van der Waals surface area (Å²) >= 11 is 2.91. The van der Waals surface area contributed by atoms with Crippen LogP contribution in [-0.4, -0.2) is 6.15 Å². The standard InChI is InChI=1S/C24BF20.C10H4IN2S2/c26-5-1(6(27)14(35)21(42)13(5)34)25(2-7(28)15(36)22(43)16(37)8(2)29,3-9(30)17(38)23(44)18(39)10(3)31)4-11(32)19(40)24(45)20(41)12(4)33;12-5-7-1-3-9(14-7)11-10-4-2-8(6-13)15-10/h;1-4H/q-1;+1. The first-order valence-corrected chi connectivity index (χ1v) is 18.7. The van der Waals surface area contributed by atoms with E-state index in [1.165, 1.54) is 5.77 Å². The molecule has 4 aromatic carbocycles. The van der Waals surface area contributed by atoms with Gasteiger partial charge in [-0.1, -0.05) is 22.7 Å². The Bertz CT molecular complexity index is 2420. The quantitative estimate of drug-likeness (QED) is 0.0726. The molecule has 0 saturated carbocycles. The lowest BCUT2D eigenvalue weighted by Gasteiger charge is -2.44. The molecule has 26 heteroatoms. The van der Waals surface area contributed by atoms with Gasteiger partial charge < -0.3 is 0 Å². The number of nitrogens with zero attached hydrogens (tertiary/aromatic N) is 2. The fourth-order valence-corrected chi connectivity index (χ4v) is 11.7. The zero-order chi connectivity index (χ0) is 45.0. The van der Waals surface area contributed by atoms with Crippen molar-refractivity contribution in [3.8, 4) is 12.1 Å². The molecule has 0 N–H and O–H groups in total. The molecular weight excluding hydrogens is 1020 g/mol. The highest BCUT2D eigenvalue weighted by Crippen LogP contribution is 2.30. The van der Waals surface area contributed by atoms with Crippen LogP contribution in [0.3, 0.4) is 0 Å². The predicted octanol–water partition coefficient (Wildman–Crippen LogP) is 5.53. The van der Waals surface area contributed by atoms with Crippen molar-refractivity contribution in [3.05, 3.63) is 156 Å². The van der Waals surface area contributed by atoms with Gasteiger partial charge in [0.2, 0.25) is 5.77 Å². The number of hydrogen-bond acceptors (Lipinski definition) is 4. The van der Waals surface area contributed by atoms with Crippen molar-refractivity contribution in [3.63, 3.8) is 0 Å². The third kappa shape index (κ3) is 7.10. The average Bonchev–Trinajstić information content (AvgIpc) is 3.90. The average molecular weight is 1020 g/mol. The molecule has 0 spiro atoms. The van der Waals surface area contributed by atoms with E-state index in [4.69, 9.17) is 10.5 Å². The summed E-state index contributed by atoms with van der Waals surface area (Å²) in [4.78, 5) is 1.53. The van der Waals surface area contributed by atoms with Crippen molar-refractivity contribution in [2.24, 2.45) is 0 Å². The Morgan fingerprint density at radius 2 is 0.500 bits per heavy atom. The molecule has 2 nitrogen and oxygen atoms in total. The van der Waals surface area contributed by atoms with Gasteiger partial charge in [0.1, 0.15) is 74.6 Å². The maximum atomic E-state index is 15.4. The van der Waals surface area contributed by atoms with Crippen molar-refractivity contribution in [1.82, 2.24) is 0 Å². The van der Waals surface area contributed by atoms with Crippen LogP contribution in [0, 0.1) is 145 Å². The monoisotopic (exact) mass is 1020 g/mol. The van der Waals surface area contributed by atoms with Gasteiger partial charge in [0.15, 0.2) is 69.8 Å². The summed E-state index contributed by atoms with van der Waals surface area (Å²) in [5.41, 5.74) is -14.3. The third-order valence-corrected chi connectivity index (χ3v) is 14.0. The van der Waals surface area contributed by atoms with Crippen LogP contribution in [0.25, 0.3) is 0 Å². The normalized spacial score (nSPS) is 11.4. The molecule has 0 atom stereocenters. The first-order chi connectivity index (χ1) is 28.0. The van der Waals surface area contributed by atoms with Gasteiger partial charge in [0.05, 0.1) is 0 Å². The molecule has 0 unspecified atom stereocenters. The van der Waals surface area contributed by atoms with Crippen molar-refractivity contribution >= 4 is 50.7 Å². The fraction of sp³-hybridized carbons (Fsp3) is 0. The number of benzene rings is 4. The van der Waals surface area contributed by atoms with E-state index in [1.54, 1.807) is 22.7 Å². The van der Waals surface area contributed by atoms with Gasteiger partial charge in [-0.15, -0.1) is 21.9 Å². The van der Waals surface area contributed by atoms with E-state index in [0.717, 1.165) is 9.75 Å². The van der Waals surface area contributed by atoms with Crippen molar-refractivity contribution in [2.75, 3.05) is 0 Å². The molecule has 2 aromatic heterocycles. The molecule has 0 amide bonds. The van der Waals surface area contributed by atoms with Crippen LogP contribution >= 0.6 is 22.7 Å². The smallest absolute Gasteiger partial charge is 0.207 e. The van der Waals surface area contributed by atoms with Gasteiger partial charge in [0, 0.05) is 12.1 Å². The third-order valence-electron chi connectivity index (χ3n) is 8.26. The largest absolute Gasteiger partial charge is 0.381 e. The molecular formula is C34H4BF20IN2S2. The van der Waals surface area contributed by atoms with E-state index in [0.29, 0.717) is 0 Å². The van der Waals surface area contributed by atoms with Crippen molar-refractivity contribution in [1.29, 1.82) is 10.5 Å².